The summed E-state index contributed by atoms with van der Waals surface area (Å²) in [5.41, 5.74) is 4.21. The highest BCUT2D eigenvalue weighted by atomic mass is 16.5. The predicted octanol–water partition coefficient (Wildman–Crippen LogP) is 4.99. The molecule has 0 fully saturated rings. The van der Waals surface area contributed by atoms with Crippen LogP contribution in [0.25, 0.3) is 27.8 Å². The molecule has 2 N–H and O–H groups in total. The van der Waals surface area contributed by atoms with Crippen molar-refractivity contribution in [1.29, 1.82) is 0 Å². The third-order valence-corrected chi connectivity index (χ3v) is 6.64. The Morgan fingerprint density at radius 2 is 1.71 bits per heavy atom. The lowest BCUT2D eigenvalue weighted by molar-refractivity contribution is -0.896. The molecule has 0 bridgehead atoms. The molecular weight excluding hydrogens is 434 g/mol. The molecule has 0 saturated carbocycles. The van der Waals surface area contributed by atoms with Crippen molar-refractivity contribution in [3.05, 3.63) is 67.1 Å². The summed E-state index contributed by atoms with van der Waals surface area (Å²) in [4.78, 5) is 11.1. The summed E-state index contributed by atoms with van der Waals surface area (Å²) in [6, 6.07) is 19.0. The average molecular weight is 473 g/mol. The van der Waals surface area contributed by atoms with E-state index in [4.69, 9.17) is 14.7 Å². The number of rotatable bonds is 12. The van der Waals surface area contributed by atoms with Gasteiger partial charge in [-0.05, 0) is 70.4 Å². The van der Waals surface area contributed by atoms with Gasteiger partial charge in [0.05, 0.1) is 31.6 Å². The van der Waals surface area contributed by atoms with E-state index >= 15 is 0 Å². The molecule has 6 nitrogen and oxygen atoms in total. The number of aromatic nitrogens is 3. The van der Waals surface area contributed by atoms with Crippen molar-refractivity contribution in [2.24, 2.45) is 0 Å². The van der Waals surface area contributed by atoms with Crippen molar-refractivity contribution in [2.75, 3.05) is 31.6 Å². The summed E-state index contributed by atoms with van der Waals surface area (Å²) in [5.74, 6) is 1.76. The van der Waals surface area contributed by atoms with Crippen molar-refractivity contribution < 1.29 is 9.64 Å². The van der Waals surface area contributed by atoms with Gasteiger partial charge in [0.25, 0.3) is 0 Å². The lowest BCUT2D eigenvalue weighted by Gasteiger charge is -2.18. The van der Waals surface area contributed by atoms with Crippen LogP contribution in [0.4, 0.5) is 5.82 Å². The molecule has 184 valence electrons. The predicted molar refractivity (Wildman–Crippen MR) is 145 cm³/mol. The van der Waals surface area contributed by atoms with E-state index in [1.165, 1.54) is 26.1 Å². The van der Waals surface area contributed by atoms with E-state index in [9.17, 15) is 0 Å². The maximum Gasteiger partial charge on any atom is 0.150 e. The SMILES string of the molecule is CCOc1ccc(-n2cc(-c3ccccc3)c3c(NC(C)CCC[NH+](CC)CC)ncnc32)cc1. The highest BCUT2D eigenvalue weighted by molar-refractivity contribution is 6.02. The van der Waals surface area contributed by atoms with E-state index in [0.717, 1.165) is 45.8 Å². The molecule has 0 radical (unpaired) electrons. The Labute approximate surface area is 209 Å². The highest BCUT2D eigenvalue weighted by Crippen LogP contribution is 2.35. The smallest absolute Gasteiger partial charge is 0.150 e. The van der Waals surface area contributed by atoms with Gasteiger partial charge in [-0.1, -0.05) is 30.3 Å². The first-order chi connectivity index (χ1) is 17.1. The number of nitrogens with one attached hydrogen (secondary N) is 2. The van der Waals surface area contributed by atoms with Gasteiger partial charge >= 0.3 is 0 Å². The van der Waals surface area contributed by atoms with Gasteiger partial charge in [-0.2, -0.15) is 0 Å². The molecule has 0 amide bonds. The molecule has 0 aliphatic heterocycles. The molecular formula is C29H38N5O+. The van der Waals surface area contributed by atoms with Gasteiger partial charge in [0, 0.05) is 23.5 Å². The molecule has 6 heteroatoms. The molecule has 0 aliphatic carbocycles. The fourth-order valence-electron chi connectivity index (χ4n) is 4.64. The van der Waals surface area contributed by atoms with Crippen molar-refractivity contribution in [2.45, 2.75) is 46.6 Å². The van der Waals surface area contributed by atoms with E-state index in [0.29, 0.717) is 12.6 Å². The maximum absolute atomic E-state index is 5.64. The van der Waals surface area contributed by atoms with E-state index in [2.05, 4.69) is 73.3 Å². The van der Waals surface area contributed by atoms with Gasteiger partial charge in [0.2, 0.25) is 0 Å². The van der Waals surface area contributed by atoms with Crippen molar-refractivity contribution in [3.8, 4) is 22.6 Å². The summed E-state index contributed by atoms with van der Waals surface area (Å²) >= 11 is 0. The van der Waals surface area contributed by atoms with Gasteiger partial charge in [-0.15, -0.1) is 0 Å². The third kappa shape index (κ3) is 5.82. The number of hydrogen-bond donors (Lipinski definition) is 2. The molecule has 0 saturated heterocycles. The molecule has 1 unspecified atom stereocenters. The summed E-state index contributed by atoms with van der Waals surface area (Å²) in [6.07, 6.45) is 6.13. The quantitative estimate of drug-likeness (QED) is 0.305. The van der Waals surface area contributed by atoms with Crippen molar-refractivity contribution >= 4 is 16.9 Å². The Morgan fingerprint density at radius 3 is 2.40 bits per heavy atom. The first kappa shape index (κ1) is 24.7. The summed E-state index contributed by atoms with van der Waals surface area (Å²) in [6.45, 7) is 13.0. The van der Waals surface area contributed by atoms with Crippen LogP contribution < -0.4 is 15.0 Å². The molecule has 2 aromatic carbocycles. The van der Waals surface area contributed by atoms with Crippen LogP contribution in [-0.2, 0) is 0 Å². The van der Waals surface area contributed by atoms with Gasteiger partial charge in [0.15, 0.2) is 5.65 Å². The second kappa shape index (κ2) is 11.8. The Balaban J connectivity index is 1.68. The van der Waals surface area contributed by atoms with Crippen LogP contribution in [0.5, 0.6) is 5.75 Å². The summed E-state index contributed by atoms with van der Waals surface area (Å²) < 4.78 is 7.78. The average Bonchev–Trinajstić information content (AvgIpc) is 3.29. The van der Waals surface area contributed by atoms with Crippen LogP contribution in [0.2, 0.25) is 0 Å². The lowest BCUT2D eigenvalue weighted by Crippen LogP contribution is -3.11. The van der Waals surface area contributed by atoms with Gasteiger partial charge < -0.3 is 19.5 Å². The zero-order chi connectivity index (χ0) is 24.6. The standard InChI is InChI=1S/C29H37N5O/c1-5-33(6-2)19-11-12-22(4)32-28-27-26(23-13-9-8-10-14-23)20-34(29(27)31-21-30-28)24-15-17-25(18-16-24)35-7-3/h8-10,13-18,20-22H,5-7,11-12,19H2,1-4H3,(H,30,31,32)/p+1. The summed E-state index contributed by atoms with van der Waals surface area (Å²) in [7, 11) is 0. The largest absolute Gasteiger partial charge is 0.494 e. The number of quaternary nitrogens is 1. The number of ether oxygens (including phenoxy) is 1. The number of hydrogen-bond acceptors (Lipinski definition) is 4. The Morgan fingerprint density at radius 1 is 0.971 bits per heavy atom. The summed E-state index contributed by atoms with van der Waals surface area (Å²) in [5, 5.41) is 4.75. The van der Waals surface area contributed by atoms with E-state index in [1.54, 1.807) is 11.2 Å². The van der Waals surface area contributed by atoms with E-state index in [-0.39, 0.29) is 0 Å². The fourth-order valence-corrected chi connectivity index (χ4v) is 4.64. The zero-order valence-electron chi connectivity index (χ0n) is 21.4. The first-order valence-corrected chi connectivity index (χ1v) is 12.9. The molecule has 4 rings (SSSR count). The maximum atomic E-state index is 5.64. The van der Waals surface area contributed by atoms with E-state index < -0.39 is 0 Å². The second-order valence-electron chi connectivity index (χ2n) is 9.02. The Kier molecular flexibility index (Phi) is 8.37. The van der Waals surface area contributed by atoms with Crippen molar-refractivity contribution in [3.63, 3.8) is 0 Å². The Hall–Kier alpha value is -3.38. The van der Waals surface area contributed by atoms with Crippen LogP contribution in [-0.4, -0.2) is 46.8 Å². The number of nitrogens with zero attached hydrogens (tertiary/aromatic N) is 3. The molecule has 0 aliphatic rings. The van der Waals surface area contributed by atoms with Crippen LogP contribution in [0.1, 0.15) is 40.5 Å². The van der Waals surface area contributed by atoms with Crippen molar-refractivity contribution in [1.82, 2.24) is 14.5 Å². The topological polar surface area (TPSA) is 56.4 Å². The van der Waals surface area contributed by atoms with Crippen LogP contribution >= 0.6 is 0 Å². The normalized spacial score (nSPS) is 12.3. The first-order valence-electron chi connectivity index (χ1n) is 12.9. The molecule has 2 aromatic heterocycles. The van der Waals surface area contributed by atoms with Gasteiger partial charge in [-0.25, -0.2) is 9.97 Å². The van der Waals surface area contributed by atoms with Gasteiger partial charge in [0.1, 0.15) is 17.9 Å². The minimum Gasteiger partial charge on any atom is -0.494 e. The van der Waals surface area contributed by atoms with E-state index in [1.807, 2.05) is 25.1 Å². The van der Waals surface area contributed by atoms with Crippen LogP contribution in [0, 0.1) is 0 Å². The van der Waals surface area contributed by atoms with Crippen LogP contribution in [0.3, 0.4) is 0 Å². The molecule has 1 atom stereocenters. The number of fused-ring (bicyclic) bond motifs is 1. The second-order valence-corrected chi connectivity index (χ2v) is 9.02. The molecule has 2 heterocycles. The highest BCUT2D eigenvalue weighted by Gasteiger charge is 2.18. The molecule has 4 aromatic rings. The van der Waals surface area contributed by atoms with Crippen LogP contribution in [0.15, 0.2) is 67.1 Å². The fraction of sp³-hybridized carbons (Fsp3) is 0.379. The minimum atomic E-state index is 0.320. The molecule has 35 heavy (non-hydrogen) atoms. The monoisotopic (exact) mass is 472 g/mol. The minimum absolute atomic E-state index is 0.320. The number of anilines is 1. The third-order valence-electron chi connectivity index (χ3n) is 6.64. The lowest BCUT2D eigenvalue weighted by atomic mass is 10.1. The molecule has 0 spiro atoms. The van der Waals surface area contributed by atoms with Gasteiger partial charge in [-0.3, -0.25) is 0 Å². The Bertz CT molecular complexity index is 1200. The zero-order valence-corrected chi connectivity index (χ0v) is 21.4. The number of benzene rings is 2.